The van der Waals surface area contributed by atoms with Crippen molar-refractivity contribution in [3.05, 3.63) is 0 Å². The molecule has 2 N–H and O–H groups in total. The summed E-state index contributed by atoms with van der Waals surface area (Å²) >= 11 is 0. The fraction of sp³-hybridized carbons (Fsp3) is 0.947. The molecule has 0 aromatic carbocycles. The van der Waals surface area contributed by atoms with E-state index >= 15 is 0 Å². The molecular formula is C19H38N2O2. The van der Waals surface area contributed by atoms with Gasteiger partial charge in [0.15, 0.2) is 0 Å². The zero-order valence-corrected chi connectivity index (χ0v) is 16.3. The number of hydrogen-bond donors (Lipinski definition) is 2. The van der Waals surface area contributed by atoms with Gasteiger partial charge in [-0.3, -0.25) is 0 Å². The second kappa shape index (κ2) is 8.36. The summed E-state index contributed by atoms with van der Waals surface area (Å²) in [5.74, 6) is 1.50. The Labute approximate surface area is 143 Å². The highest BCUT2D eigenvalue weighted by atomic mass is 16.6. The number of hydrogen-bond acceptors (Lipinski definition) is 3. The first-order valence-corrected chi connectivity index (χ1v) is 9.35. The molecule has 0 spiro atoms. The summed E-state index contributed by atoms with van der Waals surface area (Å²) in [6, 6.07) is 0.552. The van der Waals surface area contributed by atoms with Crippen molar-refractivity contribution in [3.8, 4) is 0 Å². The second-order valence-corrected chi connectivity index (χ2v) is 8.50. The number of ether oxygens (including phenoxy) is 1. The van der Waals surface area contributed by atoms with Gasteiger partial charge in [-0.2, -0.15) is 0 Å². The highest BCUT2D eigenvalue weighted by Gasteiger charge is 2.33. The minimum Gasteiger partial charge on any atom is -0.444 e. The molecule has 1 aliphatic carbocycles. The van der Waals surface area contributed by atoms with Crippen molar-refractivity contribution < 1.29 is 9.53 Å². The number of nitrogens with one attached hydrogen (secondary N) is 2. The van der Waals surface area contributed by atoms with Crippen LogP contribution in [0.1, 0.15) is 80.6 Å². The smallest absolute Gasteiger partial charge is 0.408 e. The Morgan fingerprint density at radius 1 is 1.13 bits per heavy atom. The third kappa shape index (κ3) is 6.70. The van der Waals surface area contributed by atoms with Crippen molar-refractivity contribution in [2.45, 2.75) is 97.8 Å². The molecule has 4 nitrogen and oxygen atoms in total. The van der Waals surface area contributed by atoms with Crippen LogP contribution in [0.5, 0.6) is 0 Å². The van der Waals surface area contributed by atoms with E-state index in [1.54, 1.807) is 0 Å². The SMILES string of the molecule is CCC(CC)(CNC1CC(C)CCC1C)NC(=O)OC(C)(C)C. The van der Waals surface area contributed by atoms with Gasteiger partial charge in [-0.15, -0.1) is 0 Å². The summed E-state index contributed by atoms with van der Waals surface area (Å²) in [5, 5.41) is 6.87. The van der Waals surface area contributed by atoms with Gasteiger partial charge in [0.1, 0.15) is 5.60 Å². The van der Waals surface area contributed by atoms with Crippen LogP contribution in [0.15, 0.2) is 0 Å². The minimum atomic E-state index is -0.460. The predicted molar refractivity (Wildman–Crippen MR) is 96.7 cm³/mol. The first-order chi connectivity index (χ1) is 10.6. The van der Waals surface area contributed by atoms with Gasteiger partial charge in [-0.25, -0.2) is 4.79 Å². The van der Waals surface area contributed by atoms with Crippen LogP contribution >= 0.6 is 0 Å². The van der Waals surface area contributed by atoms with E-state index in [1.165, 1.54) is 19.3 Å². The van der Waals surface area contributed by atoms with Crippen LogP contribution < -0.4 is 10.6 Å². The van der Waals surface area contributed by atoms with E-state index in [0.717, 1.165) is 25.3 Å². The summed E-state index contributed by atoms with van der Waals surface area (Å²) < 4.78 is 5.45. The van der Waals surface area contributed by atoms with Crippen molar-refractivity contribution in [2.75, 3.05) is 6.54 Å². The van der Waals surface area contributed by atoms with Crippen LogP contribution in [0.25, 0.3) is 0 Å². The van der Waals surface area contributed by atoms with E-state index < -0.39 is 5.60 Å². The van der Waals surface area contributed by atoms with Crippen molar-refractivity contribution in [3.63, 3.8) is 0 Å². The van der Waals surface area contributed by atoms with E-state index in [1.807, 2.05) is 20.8 Å². The Bertz CT molecular complexity index is 372. The first kappa shape index (κ1) is 20.3. The van der Waals surface area contributed by atoms with Gasteiger partial charge < -0.3 is 15.4 Å². The largest absolute Gasteiger partial charge is 0.444 e. The Hall–Kier alpha value is -0.770. The minimum absolute atomic E-state index is 0.233. The van der Waals surface area contributed by atoms with Crippen LogP contribution in [-0.2, 0) is 4.74 Å². The van der Waals surface area contributed by atoms with E-state index in [2.05, 4.69) is 38.3 Å². The maximum absolute atomic E-state index is 12.2. The number of amides is 1. The van der Waals surface area contributed by atoms with E-state index in [0.29, 0.717) is 12.0 Å². The number of carbonyl (C=O) groups excluding carboxylic acids is 1. The molecule has 3 unspecified atom stereocenters. The van der Waals surface area contributed by atoms with Crippen LogP contribution in [0.3, 0.4) is 0 Å². The van der Waals surface area contributed by atoms with Crippen LogP contribution in [-0.4, -0.2) is 29.8 Å². The first-order valence-electron chi connectivity index (χ1n) is 9.35. The molecule has 0 aromatic rings. The maximum Gasteiger partial charge on any atom is 0.408 e. The van der Waals surface area contributed by atoms with Gasteiger partial charge in [0.05, 0.1) is 5.54 Å². The average Bonchev–Trinajstić information content (AvgIpc) is 2.45. The topological polar surface area (TPSA) is 50.4 Å². The molecule has 1 aliphatic rings. The Morgan fingerprint density at radius 2 is 1.74 bits per heavy atom. The van der Waals surface area contributed by atoms with Crippen LogP contribution in [0.2, 0.25) is 0 Å². The fourth-order valence-electron chi connectivity index (χ4n) is 3.38. The standard InChI is InChI=1S/C19H38N2O2/c1-8-19(9-2,21-17(22)23-18(5,6)7)13-20-16-12-14(3)10-11-15(16)4/h14-16,20H,8-13H2,1-7H3,(H,21,22). The van der Waals surface area contributed by atoms with Crippen LogP contribution in [0.4, 0.5) is 4.79 Å². The monoisotopic (exact) mass is 326 g/mol. The van der Waals surface area contributed by atoms with Gasteiger partial charge >= 0.3 is 6.09 Å². The lowest BCUT2D eigenvalue weighted by Crippen LogP contribution is -2.57. The maximum atomic E-state index is 12.2. The van der Waals surface area contributed by atoms with Gasteiger partial charge in [-0.1, -0.05) is 34.1 Å². The molecule has 0 saturated heterocycles. The van der Waals surface area contributed by atoms with Gasteiger partial charge in [-0.05, 0) is 58.3 Å². The van der Waals surface area contributed by atoms with Gasteiger partial charge in [0.2, 0.25) is 0 Å². The third-order valence-electron chi connectivity index (χ3n) is 5.28. The molecular weight excluding hydrogens is 288 g/mol. The third-order valence-corrected chi connectivity index (χ3v) is 5.28. The molecule has 1 fully saturated rings. The summed E-state index contributed by atoms with van der Waals surface area (Å²) in [6.45, 7) is 15.4. The number of rotatable bonds is 6. The zero-order valence-electron chi connectivity index (χ0n) is 16.3. The van der Waals surface area contributed by atoms with Gasteiger partial charge in [0.25, 0.3) is 0 Å². The summed E-state index contributed by atoms with van der Waals surface area (Å²) in [5.41, 5.74) is -0.694. The quantitative estimate of drug-likeness (QED) is 0.756. The molecule has 1 saturated carbocycles. The molecule has 1 amide bonds. The molecule has 0 bridgehead atoms. The molecule has 23 heavy (non-hydrogen) atoms. The van der Waals surface area contributed by atoms with Gasteiger partial charge in [0, 0.05) is 12.6 Å². The van der Waals surface area contributed by atoms with E-state index in [-0.39, 0.29) is 11.6 Å². The Kier molecular flexibility index (Phi) is 7.37. The molecule has 0 radical (unpaired) electrons. The Balaban J connectivity index is 2.63. The average molecular weight is 327 g/mol. The van der Waals surface area contributed by atoms with Crippen molar-refractivity contribution in [2.24, 2.45) is 11.8 Å². The number of carbonyl (C=O) groups is 1. The molecule has 3 atom stereocenters. The molecule has 4 heteroatoms. The molecule has 0 aromatic heterocycles. The molecule has 0 heterocycles. The summed E-state index contributed by atoms with van der Waals surface area (Å²) in [4.78, 5) is 12.2. The van der Waals surface area contributed by atoms with E-state index in [4.69, 9.17) is 4.74 Å². The van der Waals surface area contributed by atoms with Crippen molar-refractivity contribution in [1.82, 2.24) is 10.6 Å². The lowest BCUT2D eigenvalue weighted by atomic mass is 9.79. The molecule has 0 aliphatic heterocycles. The number of alkyl carbamates (subject to hydrolysis) is 1. The summed E-state index contributed by atoms with van der Waals surface area (Å²) in [6.07, 6.45) is 5.34. The van der Waals surface area contributed by atoms with E-state index in [9.17, 15) is 4.79 Å². The fourth-order valence-corrected chi connectivity index (χ4v) is 3.38. The molecule has 1 rings (SSSR count). The highest BCUT2D eigenvalue weighted by molar-refractivity contribution is 5.68. The normalized spacial score (nSPS) is 26.0. The highest BCUT2D eigenvalue weighted by Crippen LogP contribution is 2.29. The lowest BCUT2D eigenvalue weighted by molar-refractivity contribution is 0.0440. The van der Waals surface area contributed by atoms with Crippen molar-refractivity contribution >= 4 is 6.09 Å². The summed E-state index contributed by atoms with van der Waals surface area (Å²) in [7, 11) is 0. The predicted octanol–water partition coefficient (Wildman–Crippen LogP) is 4.48. The lowest BCUT2D eigenvalue weighted by Gasteiger charge is -2.39. The Morgan fingerprint density at radius 3 is 2.26 bits per heavy atom. The second-order valence-electron chi connectivity index (χ2n) is 8.50. The van der Waals surface area contributed by atoms with Crippen molar-refractivity contribution in [1.29, 1.82) is 0 Å². The zero-order chi connectivity index (χ0) is 17.7. The van der Waals surface area contributed by atoms with Crippen LogP contribution in [0, 0.1) is 11.8 Å². The molecule has 136 valence electrons.